The van der Waals surface area contributed by atoms with Crippen LogP contribution in [0.4, 0.5) is 11.5 Å². The standard InChI is InChI=1S/C9H11N3O2S/c10-7-1-2-9(11-5-7)12-8-3-4-15(13,14)6-8/h1-5,8H,6,10H2,(H,11,12). The summed E-state index contributed by atoms with van der Waals surface area (Å²) >= 11 is 0. The van der Waals surface area contributed by atoms with E-state index >= 15 is 0 Å². The molecule has 0 saturated carbocycles. The normalized spacial score (nSPS) is 22.8. The number of rotatable bonds is 2. The number of aromatic nitrogens is 1. The minimum absolute atomic E-state index is 0.0824. The smallest absolute Gasteiger partial charge is 0.173 e. The molecule has 1 aliphatic heterocycles. The molecule has 1 aromatic heterocycles. The van der Waals surface area contributed by atoms with Crippen LogP contribution in [0.3, 0.4) is 0 Å². The maximum Gasteiger partial charge on any atom is 0.173 e. The lowest BCUT2D eigenvalue weighted by atomic mass is 10.3. The van der Waals surface area contributed by atoms with E-state index in [2.05, 4.69) is 10.3 Å². The van der Waals surface area contributed by atoms with Crippen molar-refractivity contribution in [1.29, 1.82) is 0 Å². The van der Waals surface area contributed by atoms with Crippen molar-refractivity contribution in [2.24, 2.45) is 0 Å². The number of nitrogens with one attached hydrogen (secondary N) is 1. The van der Waals surface area contributed by atoms with Crippen LogP contribution in [0.15, 0.2) is 29.8 Å². The molecule has 0 fully saturated rings. The van der Waals surface area contributed by atoms with Crippen LogP contribution in [0.2, 0.25) is 0 Å². The second-order valence-electron chi connectivity index (χ2n) is 3.39. The highest BCUT2D eigenvalue weighted by Crippen LogP contribution is 2.13. The van der Waals surface area contributed by atoms with Crippen molar-refractivity contribution in [3.8, 4) is 0 Å². The molecule has 0 radical (unpaired) electrons. The summed E-state index contributed by atoms with van der Waals surface area (Å²) < 4.78 is 22.2. The summed E-state index contributed by atoms with van der Waals surface area (Å²) in [6.45, 7) is 0. The van der Waals surface area contributed by atoms with Crippen molar-refractivity contribution in [3.05, 3.63) is 29.8 Å². The van der Waals surface area contributed by atoms with Crippen molar-refractivity contribution in [2.75, 3.05) is 16.8 Å². The van der Waals surface area contributed by atoms with Crippen molar-refractivity contribution in [3.63, 3.8) is 0 Å². The van der Waals surface area contributed by atoms with Gasteiger partial charge in [0.15, 0.2) is 9.84 Å². The molecule has 0 amide bonds. The molecule has 3 N–H and O–H groups in total. The third-order valence-electron chi connectivity index (χ3n) is 2.05. The van der Waals surface area contributed by atoms with Gasteiger partial charge in [0.25, 0.3) is 0 Å². The minimum Gasteiger partial charge on any atom is -0.397 e. The van der Waals surface area contributed by atoms with E-state index < -0.39 is 9.84 Å². The molecule has 0 spiro atoms. The number of hydrogen-bond acceptors (Lipinski definition) is 5. The summed E-state index contributed by atoms with van der Waals surface area (Å²) in [4.78, 5) is 4.02. The Hall–Kier alpha value is -1.56. The molecule has 1 atom stereocenters. The van der Waals surface area contributed by atoms with E-state index in [-0.39, 0.29) is 11.8 Å². The molecule has 0 bridgehead atoms. The maximum absolute atomic E-state index is 11.1. The van der Waals surface area contributed by atoms with Gasteiger partial charge in [0.2, 0.25) is 0 Å². The fourth-order valence-electron chi connectivity index (χ4n) is 1.35. The van der Waals surface area contributed by atoms with E-state index in [4.69, 9.17) is 5.73 Å². The van der Waals surface area contributed by atoms with Gasteiger partial charge in [0.1, 0.15) is 5.82 Å². The Balaban J connectivity index is 2.05. The van der Waals surface area contributed by atoms with Crippen LogP contribution in [0.1, 0.15) is 0 Å². The Kier molecular flexibility index (Phi) is 2.36. The van der Waals surface area contributed by atoms with E-state index in [1.807, 2.05) is 0 Å². The maximum atomic E-state index is 11.1. The summed E-state index contributed by atoms with van der Waals surface area (Å²) in [6, 6.07) is 3.22. The highest BCUT2D eigenvalue weighted by atomic mass is 32.2. The second-order valence-corrected chi connectivity index (χ2v) is 5.32. The fraction of sp³-hybridized carbons (Fsp3) is 0.222. The Bertz CT molecular complexity index is 479. The van der Waals surface area contributed by atoms with Crippen molar-refractivity contribution >= 4 is 21.3 Å². The van der Waals surface area contributed by atoms with Crippen LogP contribution in [0.25, 0.3) is 0 Å². The monoisotopic (exact) mass is 225 g/mol. The zero-order valence-corrected chi connectivity index (χ0v) is 8.74. The highest BCUT2D eigenvalue weighted by Gasteiger charge is 2.21. The van der Waals surface area contributed by atoms with Gasteiger partial charge in [-0.3, -0.25) is 0 Å². The SMILES string of the molecule is Nc1ccc(NC2C=CS(=O)(=O)C2)nc1. The lowest BCUT2D eigenvalue weighted by Gasteiger charge is -2.10. The van der Waals surface area contributed by atoms with E-state index in [1.165, 1.54) is 11.6 Å². The predicted molar refractivity (Wildman–Crippen MR) is 59.0 cm³/mol. The average molecular weight is 225 g/mol. The van der Waals surface area contributed by atoms with Gasteiger partial charge in [-0.2, -0.15) is 0 Å². The number of nitrogens with two attached hydrogens (primary N) is 1. The Morgan fingerprint density at radius 2 is 2.27 bits per heavy atom. The molecule has 1 aliphatic rings. The average Bonchev–Trinajstić information content (AvgIpc) is 2.50. The van der Waals surface area contributed by atoms with E-state index in [0.717, 1.165) is 0 Å². The van der Waals surface area contributed by atoms with Gasteiger partial charge in [-0.1, -0.05) is 0 Å². The Morgan fingerprint density at radius 3 is 2.80 bits per heavy atom. The predicted octanol–water partition coefficient (Wildman–Crippen LogP) is 0.386. The molecule has 5 nitrogen and oxygen atoms in total. The summed E-state index contributed by atoms with van der Waals surface area (Å²) in [5, 5.41) is 4.22. The first kappa shape index (κ1) is 9.97. The number of nitrogens with zero attached hydrogens (tertiary/aromatic N) is 1. The molecular formula is C9H11N3O2S. The van der Waals surface area contributed by atoms with E-state index in [0.29, 0.717) is 11.5 Å². The minimum atomic E-state index is -3.02. The molecule has 15 heavy (non-hydrogen) atoms. The van der Waals surface area contributed by atoms with Crippen LogP contribution < -0.4 is 11.1 Å². The first-order chi connectivity index (χ1) is 7.05. The number of sulfone groups is 1. The summed E-state index contributed by atoms with van der Waals surface area (Å²) in [5.74, 6) is 0.704. The molecule has 6 heteroatoms. The van der Waals surface area contributed by atoms with Crippen LogP contribution in [0.5, 0.6) is 0 Å². The lowest BCUT2D eigenvalue weighted by Crippen LogP contribution is -2.21. The quantitative estimate of drug-likeness (QED) is 0.760. The molecule has 1 unspecified atom stereocenters. The molecule has 80 valence electrons. The Labute approximate surface area is 87.9 Å². The largest absolute Gasteiger partial charge is 0.397 e. The molecule has 2 heterocycles. The van der Waals surface area contributed by atoms with Crippen molar-refractivity contribution in [2.45, 2.75) is 6.04 Å². The third kappa shape index (κ3) is 2.47. The number of anilines is 2. The Morgan fingerprint density at radius 1 is 1.47 bits per heavy atom. The van der Waals surface area contributed by atoms with E-state index in [9.17, 15) is 8.42 Å². The molecule has 0 saturated heterocycles. The fourth-order valence-corrected chi connectivity index (χ4v) is 2.58. The molecular weight excluding hydrogens is 214 g/mol. The first-order valence-corrected chi connectivity index (χ1v) is 6.16. The van der Waals surface area contributed by atoms with Gasteiger partial charge < -0.3 is 11.1 Å². The number of hydrogen-bond donors (Lipinski definition) is 2. The zero-order chi connectivity index (χ0) is 10.9. The van der Waals surface area contributed by atoms with Gasteiger partial charge in [0.05, 0.1) is 23.7 Å². The zero-order valence-electron chi connectivity index (χ0n) is 7.92. The summed E-state index contributed by atoms with van der Waals surface area (Å²) in [6.07, 6.45) is 3.14. The third-order valence-corrected chi connectivity index (χ3v) is 3.45. The molecule has 1 aromatic rings. The van der Waals surface area contributed by atoms with Crippen LogP contribution >= 0.6 is 0 Å². The molecule has 0 aliphatic carbocycles. The highest BCUT2D eigenvalue weighted by molar-refractivity contribution is 7.94. The van der Waals surface area contributed by atoms with Crippen LogP contribution in [-0.2, 0) is 9.84 Å². The van der Waals surface area contributed by atoms with Crippen molar-refractivity contribution < 1.29 is 8.42 Å². The number of nitrogen functional groups attached to an aromatic ring is 1. The first-order valence-electron chi connectivity index (χ1n) is 4.44. The van der Waals surface area contributed by atoms with Crippen LogP contribution in [-0.4, -0.2) is 25.2 Å². The summed E-state index contributed by atoms with van der Waals surface area (Å²) in [7, 11) is -3.02. The van der Waals surface area contributed by atoms with Gasteiger partial charge in [-0.25, -0.2) is 13.4 Å². The molecule has 0 aromatic carbocycles. The molecule has 2 rings (SSSR count). The summed E-state index contributed by atoms with van der Waals surface area (Å²) in [5.41, 5.74) is 6.06. The topological polar surface area (TPSA) is 85.1 Å². The van der Waals surface area contributed by atoms with Gasteiger partial charge in [-0.15, -0.1) is 0 Å². The van der Waals surface area contributed by atoms with Gasteiger partial charge in [-0.05, 0) is 18.2 Å². The second kappa shape index (κ2) is 3.54. The van der Waals surface area contributed by atoms with Gasteiger partial charge >= 0.3 is 0 Å². The van der Waals surface area contributed by atoms with Gasteiger partial charge in [0, 0.05) is 5.41 Å². The van der Waals surface area contributed by atoms with E-state index in [1.54, 1.807) is 18.2 Å². The van der Waals surface area contributed by atoms with Crippen molar-refractivity contribution in [1.82, 2.24) is 4.98 Å². The lowest BCUT2D eigenvalue weighted by molar-refractivity contribution is 0.605. The van der Waals surface area contributed by atoms with Crippen LogP contribution in [0, 0.1) is 0 Å². The number of pyridine rings is 1.